The average Bonchev–Trinajstić information content (AvgIpc) is 2.88. The zero-order chi connectivity index (χ0) is 22.8. The van der Waals surface area contributed by atoms with Crippen molar-refractivity contribution >= 4 is 10.9 Å². The molecule has 5 rings (SSSR count). The highest BCUT2D eigenvalue weighted by Gasteiger charge is 2.23. The van der Waals surface area contributed by atoms with Crippen LogP contribution in [0.4, 0.5) is 0 Å². The van der Waals surface area contributed by atoms with Crippen LogP contribution in [0.25, 0.3) is 22.0 Å². The molecule has 33 heavy (non-hydrogen) atoms. The molecular formula is C25H24N4O4. The third-order valence-corrected chi connectivity index (χ3v) is 6.09. The van der Waals surface area contributed by atoms with E-state index in [0.717, 1.165) is 29.5 Å². The third kappa shape index (κ3) is 4.05. The van der Waals surface area contributed by atoms with E-state index in [2.05, 4.69) is 9.97 Å². The van der Waals surface area contributed by atoms with Gasteiger partial charge in [0, 0.05) is 43.9 Å². The molecule has 8 nitrogen and oxygen atoms in total. The first kappa shape index (κ1) is 21.1. The SMILES string of the molecule is COc1ccc(Cn2c(=O)c3cc(-c4ccncc4)ccc3n(C3CCOCC3)c2=O)cn1. The van der Waals surface area contributed by atoms with Crippen LogP contribution in [0, 0.1) is 0 Å². The molecule has 4 aromatic rings. The summed E-state index contributed by atoms with van der Waals surface area (Å²) >= 11 is 0. The van der Waals surface area contributed by atoms with Gasteiger partial charge in [0.25, 0.3) is 5.56 Å². The molecule has 0 bridgehead atoms. The van der Waals surface area contributed by atoms with Crippen molar-refractivity contribution in [3.63, 3.8) is 0 Å². The number of pyridine rings is 2. The summed E-state index contributed by atoms with van der Waals surface area (Å²) in [5, 5.41) is 0.511. The molecule has 0 atom stereocenters. The van der Waals surface area contributed by atoms with Crippen LogP contribution < -0.4 is 16.0 Å². The summed E-state index contributed by atoms with van der Waals surface area (Å²) in [5.74, 6) is 0.478. The lowest BCUT2D eigenvalue weighted by Crippen LogP contribution is -2.42. The summed E-state index contributed by atoms with van der Waals surface area (Å²) in [6, 6.07) is 13.0. The summed E-state index contributed by atoms with van der Waals surface area (Å²) in [7, 11) is 1.54. The number of hydrogen-bond donors (Lipinski definition) is 0. The minimum atomic E-state index is -0.315. The summed E-state index contributed by atoms with van der Waals surface area (Å²) in [4.78, 5) is 35.5. The standard InChI is InChI=1S/C25H24N4O4/c1-32-23-5-2-17(15-27-23)16-28-24(30)21-14-19(18-6-10-26-11-7-18)3-4-22(21)29(25(28)31)20-8-12-33-13-9-20/h2-7,10-11,14-15,20H,8-9,12-13,16H2,1H3. The van der Waals surface area contributed by atoms with Gasteiger partial charge >= 0.3 is 5.69 Å². The van der Waals surface area contributed by atoms with Crippen molar-refractivity contribution in [3.05, 3.63) is 87.5 Å². The second kappa shape index (κ2) is 8.99. The Balaban J connectivity index is 1.70. The van der Waals surface area contributed by atoms with Crippen molar-refractivity contribution in [1.82, 2.24) is 19.1 Å². The fraction of sp³-hybridized carbons (Fsp3) is 0.280. The van der Waals surface area contributed by atoms with E-state index < -0.39 is 0 Å². The van der Waals surface area contributed by atoms with Gasteiger partial charge in [0.2, 0.25) is 5.88 Å². The fourth-order valence-electron chi connectivity index (χ4n) is 4.35. The summed E-state index contributed by atoms with van der Waals surface area (Å²) in [6.07, 6.45) is 6.52. The van der Waals surface area contributed by atoms with E-state index in [1.807, 2.05) is 36.4 Å². The van der Waals surface area contributed by atoms with Gasteiger partial charge in [0.15, 0.2) is 0 Å². The van der Waals surface area contributed by atoms with Crippen molar-refractivity contribution in [2.45, 2.75) is 25.4 Å². The van der Waals surface area contributed by atoms with Gasteiger partial charge in [-0.3, -0.25) is 18.9 Å². The largest absolute Gasteiger partial charge is 0.481 e. The van der Waals surface area contributed by atoms with Gasteiger partial charge in [-0.05, 0) is 53.8 Å². The zero-order valence-corrected chi connectivity index (χ0v) is 18.3. The molecule has 8 heteroatoms. The van der Waals surface area contributed by atoms with Gasteiger partial charge in [0.05, 0.1) is 24.6 Å². The summed E-state index contributed by atoms with van der Waals surface area (Å²) in [6.45, 7) is 1.32. The Morgan fingerprint density at radius 2 is 1.82 bits per heavy atom. The highest BCUT2D eigenvalue weighted by molar-refractivity contribution is 5.84. The molecule has 0 aliphatic carbocycles. The zero-order valence-electron chi connectivity index (χ0n) is 18.3. The van der Waals surface area contributed by atoms with Gasteiger partial charge in [-0.15, -0.1) is 0 Å². The van der Waals surface area contributed by atoms with Gasteiger partial charge < -0.3 is 9.47 Å². The van der Waals surface area contributed by atoms with E-state index in [1.165, 1.54) is 4.57 Å². The van der Waals surface area contributed by atoms with E-state index in [-0.39, 0.29) is 23.8 Å². The minimum absolute atomic E-state index is 0.0265. The molecule has 168 valence electrons. The Morgan fingerprint density at radius 3 is 2.52 bits per heavy atom. The third-order valence-electron chi connectivity index (χ3n) is 6.09. The van der Waals surface area contributed by atoms with Crippen LogP contribution in [0.15, 0.2) is 70.6 Å². The Bertz CT molecular complexity index is 1390. The Morgan fingerprint density at radius 1 is 1.03 bits per heavy atom. The molecule has 0 unspecified atom stereocenters. The fourth-order valence-corrected chi connectivity index (χ4v) is 4.35. The Labute approximate surface area is 190 Å². The molecule has 1 aliphatic heterocycles. The maximum absolute atomic E-state index is 13.6. The molecule has 1 aliphatic rings. The number of aromatic nitrogens is 4. The quantitative estimate of drug-likeness (QED) is 0.470. The Kier molecular flexibility index (Phi) is 5.75. The smallest absolute Gasteiger partial charge is 0.332 e. The van der Waals surface area contributed by atoms with Crippen LogP contribution in [-0.4, -0.2) is 39.4 Å². The number of rotatable bonds is 5. The van der Waals surface area contributed by atoms with E-state index >= 15 is 0 Å². The number of methoxy groups -OCH3 is 1. The van der Waals surface area contributed by atoms with Crippen molar-refractivity contribution in [2.24, 2.45) is 0 Å². The minimum Gasteiger partial charge on any atom is -0.481 e. The van der Waals surface area contributed by atoms with Gasteiger partial charge in [-0.25, -0.2) is 9.78 Å². The Hall–Kier alpha value is -3.78. The molecule has 0 spiro atoms. The monoisotopic (exact) mass is 444 g/mol. The molecule has 4 heterocycles. The lowest BCUT2D eigenvalue weighted by Gasteiger charge is -2.26. The van der Waals surface area contributed by atoms with E-state index in [0.29, 0.717) is 30.0 Å². The second-order valence-corrected chi connectivity index (χ2v) is 8.06. The van der Waals surface area contributed by atoms with Crippen LogP contribution in [0.5, 0.6) is 5.88 Å². The topological polar surface area (TPSA) is 88.2 Å². The van der Waals surface area contributed by atoms with Crippen molar-refractivity contribution < 1.29 is 9.47 Å². The number of nitrogens with zero attached hydrogens (tertiary/aromatic N) is 4. The number of ether oxygens (including phenoxy) is 2. The number of fused-ring (bicyclic) bond motifs is 1. The van der Waals surface area contributed by atoms with E-state index in [9.17, 15) is 9.59 Å². The molecule has 0 saturated carbocycles. The highest BCUT2D eigenvalue weighted by Crippen LogP contribution is 2.26. The van der Waals surface area contributed by atoms with Crippen molar-refractivity contribution in [2.75, 3.05) is 20.3 Å². The van der Waals surface area contributed by atoms with Crippen LogP contribution in [0.2, 0.25) is 0 Å². The lowest BCUT2D eigenvalue weighted by atomic mass is 10.0. The predicted molar refractivity (Wildman–Crippen MR) is 125 cm³/mol. The molecule has 1 saturated heterocycles. The number of hydrogen-bond acceptors (Lipinski definition) is 6. The molecule has 3 aromatic heterocycles. The van der Waals surface area contributed by atoms with Crippen LogP contribution in [-0.2, 0) is 11.3 Å². The molecule has 0 radical (unpaired) electrons. The van der Waals surface area contributed by atoms with Crippen LogP contribution >= 0.6 is 0 Å². The molecule has 1 aromatic carbocycles. The maximum Gasteiger partial charge on any atom is 0.332 e. The molecular weight excluding hydrogens is 420 g/mol. The summed E-state index contributed by atoms with van der Waals surface area (Å²) < 4.78 is 13.7. The molecule has 0 amide bonds. The predicted octanol–water partition coefficient (Wildman–Crippen LogP) is 3.03. The average molecular weight is 444 g/mol. The van der Waals surface area contributed by atoms with Crippen molar-refractivity contribution in [1.29, 1.82) is 0 Å². The van der Waals surface area contributed by atoms with Gasteiger partial charge in [0.1, 0.15) is 0 Å². The lowest BCUT2D eigenvalue weighted by molar-refractivity contribution is 0.0691. The second-order valence-electron chi connectivity index (χ2n) is 8.06. The first-order valence-electron chi connectivity index (χ1n) is 10.9. The summed E-state index contributed by atoms with van der Waals surface area (Å²) in [5.41, 5.74) is 2.63. The van der Waals surface area contributed by atoms with Gasteiger partial charge in [-0.2, -0.15) is 0 Å². The first-order valence-corrected chi connectivity index (χ1v) is 10.9. The first-order chi connectivity index (χ1) is 16.2. The number of benzene rings is 1. The molecule has 1 fully saturated rings. The maximum atomic E-state index is 13.6. The van der Waals surface area contributed by atoms with Crippen LogP contribution in [0.1, 0.15) is 24.4 Å². The molecule has 0 N–H and O–H groups in total. The van der Waals surface area contributed by atoms with E-state index in [1.54, 1.807) is 36.3 Å². The van der Waals surface area contributed by atoms with Crippen LogP contribution in [0.3, 0.4) is 0 Å². The van der Waals surface area contributed by atoms with Gasteiger partial charge in [-0.1, -0.05) is 12.1 Å². The van der Waals surface area contributed by atoms with Crippen molar-refractivity contribution in [3.8, 4) is 17.0 Å². The van der Waals surface area contributed by atoms with E-state index in [4.69, 9.17) is 9.47 Å². The highest BCUT2D eigenvalue weighted by atomic mass is 16.5. The normalized spacial score (nSPS) is 14.5.